The van der Waals surface area contributed by atoms with E-state index in [0.29, 0.717) is 12.8 Å². The van der Waals surface area contributed by atoms with Crippen molar-refractivity contribution in [2.75, 3.05) is 18.1 Å². The summed E-state index contributed by atoms with van der Waals surface area (Å²) in [5.74, 6) is 0.498. The van der Waals surface area contributed by atoms with Gasteiger partial charge in [0.15, 0.2) is 9.84 Å². The smallest absolute Gasteiger partial charge is 0.150 e. The van der Waals surface area contributed by atoms with E-state index in [0.717, 1.165) is 5.57 Å². The maximum Gasteiger partial charge on any atom is 0.150 e. The van der Waals surface area contributed by atoms with Crippen molar-refractivity contribution in [1.29, 1.82) is 0 Å². The second kappa shape index (κ2) is 3.36. The predicted octanol–water partition coefficient (Wildman–Crippen LogP) is 0.114. The molecule has 1 aliphatic rings. The third kappa shape index (κ3) is 2.63. The van der Waals surface area contributed by atoms with Crippen LogP contribution in [0.15, 0.2) is 11.6 Å². The Bertz CT molecular complexity index is 235. The molecule has 11 heavy (non-hydrogen) atoms. The van der Waals surface area contributed by atoms with Crippen LogP contribution < -0.4 is 0 Å². The van der Waals surface area contributed by atoms with Gasteiger partial charge < -0.3 is 5.11 Å². The molecule has 1 fully saturated rings. The van der Waals surface area contributed by atoms with E-state index >= 15 is 0 Å². The van der Waals surface area contributed by atoms with Crippen LogP contribution in [0.1, 0.15) is 12.8 Å². The van der Waals surface area contributed by atoms with Crippen molar-refractivity contribution in [2.45, 2.75) is 12.8 Å². The summed E-state index contributed by atoms with van der Waals surface area (Å²) in [5, 5.41) is 8.52. The number of hydrogen-bond donors (Lipinski definition) is 1. The van der Waals surface area contributed by atoms with E-state index in [2.05, 4.69) is 0 Å². The van der Waals surface area contributed by atoms with E-state index in [4.69, 9.17) is 5.11 Å². The fraction of sp³-hybridized carbons (Fsp3) is 0.714. The molecule has 1 N–H and O–H groups in total. The zero-order chi connectivity index (χ0) is 8.32. The Balaban J connectivity index is 2.55. The Kier molecular flexibility index (Phi) is 2.67. The standard InChI is InChI=1S/C7H12O3S/c8-4-1-7-2-5-11(9,10)6-3-7/h1,8H,2-6H2. The van der Waals surface area contributed by atoms with Crippen molar-refractivity contribution in [3.63, 3.8) is 0 Å². The lowest BCUT2D eigenvalue weighted by atomic mass is 10.1. The largest absolute Gasteiger partial charge is 0.392 e. The maximum absolute atomic E-state index is 10.9. The van der Waals surface area contributed by atoms with Crippen LogP contribution in [0, 0.1) is 0 Å². The van der Waals surface area contributed by atoms with Crippen LogP contribution in [0.2, 0.25) is 0 Å². The molecule has 0 aromatic rings. The van der Waals surface area contributed by atoms with E-state index in [1.54, 1.807) is 6.08 Å². The molecule has 4 heteroatoms. The molecule has 0 aromatic carbocycles. The molecule has 0 unspecified atom stereocenters. The van der Waals surface area contributed by atoms with Crippen molar-refractivity contribution in [2.24, 2.45) is 0 Å². The average molecular weight is 176 g/mol. The van der Waals surface area contributed by atoms with Crippen molar-refractivity contribution in [1.82, 2.24) is 0 Å². The normalized spacial score (nSPS) is 23.2. The van der Waals surface area contributed by atoms with Gasteiger partial charge in [-0.15, -0.1) is 0 Å². The molecular weight excluding hydrogens is 164 g/mol. The summed E-state index contributed by atoms with van der Waals surface area (Å²) in [6, 6.07) is 0. The van der Waals surface area contributed by atoms with Gasteiger partial charge in [0, 0.05) is 0 Å². The molecule has 64 valence electrons. The summed E-state index contributed by atoms with van der Waals surface area (Å²) in [6.07, 6.45) is 2.90. The number of rotatable bonds is 1. The van der Waals surface area contributed by atoms with Crippen LogP contribution in [0.3, 0.4) is 0 Å². The second-order valence-electron chi connectivity index (χ2n) is 2.70. The van der Waals surface area contributed by atoms with Crippen molar-refractivity contribution in [3.8, 4) is 0 Å². The van der Waals surface area contributed by atoms with Crippen LogP contribution >= 0.6 is 0 Å². The molecule has 1 saturated heterocycles. The lowest BCUT2D eigenvalue weighted by molar-refractivity contribution is 0.341. The number of aliphatic hydroxyl groups excluding tert-OH is 1. The van der Waals surface area contributed by atoms with Crippen LogP contribution in [0.4, 0.5) is 0 Å². The van der Waals surface area contributed by atoms with Gasteiger partial charge in [-0.1, -0.05) is 11.6 Å². The van der Waals surface area contributed by atoms with Crippen molar-refractivity contribution < 1.29 is 13.5 Å². The Morgan fingerprint density at radius 2 is 1.91 bits per heavy atom. The predicted molar refractivity (Wildman–Crippen MR) is 43.1 cm³/mol. The van der Waals surface area contributed by atoms with E-state index in [1.807, 2.05) is 0 Å². The van der Waals surface area contributed by atoms with E-state index in [9.17, 15) is 8.42 Å². The maximum atomic E-state index is 10.9. The second-order valence-corrected chi connectivity index (χ2v) is 5.00. The molecule has 0 aromatic heterocycles. The first-order valence-electron chi connectivity index (χ1n) is 3.63. The number of allylic oxidation sites excluding steroid dienone is 1. The van der Waals surface area contributed by atoms with Crippen LogP contribution in [0.25, 0.3) is 0 Å². The van der Waals surface area contributed by atoms with E-state index < -0.39 is 9.84 Å². The zero-order valence-electron chi connectivity index (χ0n) is 6.28. The monoisotopic (exact) mass is 176 g/mol. The molecule has 0 saturated carbocycles. The molecule has 1 rings (SSSR count). The molecule has 1 aliphatic heterocycles. The first-order valence-corrected chi connectivity index (χ1v) is 5.45. The van der Waals surface area contributed by atoms with Gasteiger partial charge in [0.05, 0.1) is 18.1 Å². The highest BCUT2D eigenvalue weighted by Crippen LogP contribution is 2.16. The van der Waals surface area contributed by atoms with Gasteiger partial charge >= 0.3 is 0 Å². The topological polar surface area (TPSA) is 54.4 Å². The molecule has 0 spiro atoms. The molecule has 1 heterocycles. The van der Waals surface area contributed by atoms with Crippen LogP contribution in [-0.2, 0) is 9.84 Å². The first-order chi connectivity index (χ1) is 5.14. The molecular formula is C7H12O3S. The number of aliphatic hydroxyl groups is 1. The SMILES string of the molecule is O=S1(=O)CCC(=CCO)CC1. The van der Waals surface area contributed by atoms with Crippen molar-refractivity contribution >= 4 is 9.84 Å². The fourth-order valence-corrected chi connectivity index (χ4v) is 2.48. The highest BCUT2D eigenvalue weighted by Gasteiger charge is 2.17. The number of sulfone groups is 1. The minimum absolute atomic E-state index is 0.0232. The summed E-state index contributed by atoms with van der Waals surface area (Å²) in [5.41, 5.74) is 1.07. The molecule has 0 radical (unpaired) electrons. The first kappa shape index (κ1) is 8.74. The molecule has 0 amide bonds. The molecule has 0 aliphatic carbocycles. The summed E-state index contributed by atoms with van der Waals surface area (Å²) >= 11 is 0. The van der Waals surface area contributed by atoms with Gasteiger partial charge in [-0.25, -0.2) is 8.42 Å². The van der Waals surface area contributed by atoms with Gasteiger partial charge in [0.25, 0.3) is 0 Å². The molecule has 0 atom stereocenters. The Hall–Kier alpha value is -0.350. The Morgan fingerprint density at radius 1 is 1.36 bits per heavy atom. The Morgan fingerprint density at radius 3 is 2.36 bits per heavy atom. The van der Waals surface area contributed by atoms with Gasteiger partial charge in [-0.3, -0.25) is 0 Å². The summed E-state index contributed by atoms with van der Waals surface area (Å²) in [7, 11) is -2.76. The molecule has 3 nitrogen and oxygen atoms in total. The lowest BCUT2D eigenvalue weighted by Crippen LogP contribution is -2.18. The third-order valence-electron chi connectivity index (χ3n) is 1.85. The van der Waals surface area contributed by atoms with Gasteiger partial charge in [0.2, 0.25) is 0 Å². The number of hydrogen-bond acceptors (Lipinski definition) is 3. The zero-order valence-corrected chi connectivity index (χ0v) is 7.10. The minimum atomic E-state index is -2.76. The summed E-state index contributed by atoms with van der Waals surface area (Å²) in [6.45, 7) is 0.0232. The van der Waals surface area contributed by atoms with Gasteiger partial charge in [0.1, 0.15) is 0 Å². The van der Waals surface area contributed by atoms with Crippen LogP contribution in [0.5, 0.6) is 0 Å². The quantitative estimate of drug-likeness (QED) is 0.577. The third-order valence-corrected chi connectivity index (χ3v) is 3.50. The van der Waals surface area contributed by atoms with Crippen molar-refractivity contribution in [3.05, 3.63) is 11.6 Å². The van der Waals surface area contributed by atoms with E-state index in [1.165, 1.54) is 0 Å². The minimum Gasteiger partial charge on any atom is -0.392 e. The highest BCUT2D eigenvalue weighted by atomic mass is 32.2. The lowest BCUT2D eigenvalue weighted by Gasteiger charge is -2.13. The average Bonchev–Trinajstić information content (AvgIpc) is 1.94. The van der Waals surface area contributed by atoms with Crippen LogP contribution in [-0.4, -0.2) is 31.6 Å². The molecule has 0 bridgehead atoms. The van der Waals surface area contributed by atoms with Gasteiger partial charge in [-0.2, -0.15) is 0 Å². The van der Waals surface area contributed by atoms with E-state index in [-0.39, 0.29) is 18.1 Å². The Labute approximate surface area is 66.7 Å². The fourth-order valence-electron chi connectivity index (χ4n) is 1.13. The summed E-state index contributed by atoms with van der Waals surface area (Å²) in [4.78, 5) is 0. The summed E-state index contributed by atoms with van der Waals surface area (Å²) < 4.78 is 21.8. The highest BCUT2D eigenvalue weighted by molar-refractivity contribution is 7.91. The van der Waals surface area contributed by atoms with Gasteiger partial charge in [-0.05, 0) is 12.8 Å².